The smallest absolute Gasteiger partial charge is 0.398 e. The molecule has 4 N–H and O–H groups in total. The molecule has 2 heterocycles. The van der Waals surface area contributed by atoms with Crippen molar-refractivity contribution in [3.05, 3.63) is 88.2 Å². The van der Waals surface area contributed by atoms with E-state index in [2.05, 4.69) is 27.0 Å². The highest BCUT2D eigenvalue weighted by Crippen LogP contribution is 2.35. The number of piperazine rings is 1. The topological polar surface area (TPSA) is 98.3 Å². The summed E-state index contributed by atoms with van der Waals surface area (Å²) in [6.45, 7) is 2.95. The summed E-state index contributed by atoms with van der Waals surface area (Å²) in [6.07, 6.45) is -6.72. The van der Waals surface area contributed by atoms with Gasteiger partial charge in [0.25, 0.3) is 5.91 Å². The minimum Gasteiger partial charge on any atom is -0.398 e. The number of anilines is 2. The van der Waals surface area contributed by atoms with Crippen molar-refractivity contribution in [2.75, 3.05) is 44.3 Å². The molecule has 42 heavy (non-hydrogen) atoms. The number of aromatic nitrogens is 1. The number of halogens is 6. The number of alkyl halides is 6. The number of nitrogens with one attached hydrogen (secondary N) is 2. The number of amides is 1. The summed E-state index contributed by atoms with van der Waals surface area (Å²) in [5.41, 5.74) is 3.50. The number of rotatable bonds is 5. The lowest BCUT2D eigenvalue weighted by molar-refractivity contribution is -0.139. The van der Waals surface area contributed by atoms with E-state index in [0.717, 1.165) is 31.3 Å². The van der Waals surface area contributed by atoms with Crippen molar-refractivity contribution in [2.24, 2.45) is 0 Å². The zero-order chi connectivity index (χ0) is 30.7. The predicted molar refractivity (Wildman–Crippen MR) is 146 cm³/mol. The number of carbonyl (C=O) groups excluding carboxylic acids is 1. The summed E-state index contributed by atoms with van der Waals surface area (Å²) < 4.78 is 80.3. The van der Waals surface area contributed by atoms with Gasteiger partial charge in [-0.05, 0) is 54.9 Å². The molecule has 0 atom stereocenters. The largest absolute Gasteiger partial charge is 0.416 e. The Hall–Kier alpha value is -4.41. The summed E-state index contributed by atoms with van der Waals surface area (Å²) in [5, 5.41) is 10.5. The first-order valence-corrected chi connectivity index (χ1v) is 12.7. The summed E-state index contributed by atoms with van der Waals surface area (Å²) in [5.74, 6) is 4.34. The molecule has 1 aliphatic rings. The van der Waals surface area contributed by atoms with Crippen molar-refractivity contribution in [1.82, 2.24) is 14.8 Å². The first-order chi connectivity index (χ1) is 19.7. The van der Waals surface area contributed by atoms with Crippen LogP contribution in [0.3, 0.4) is 0 Å². The summed E-state index contributed by atoms with van der Waals surface area (Å²) in [4.78, 5) is 20.8. The average Bonchev–Trinajstić information content (AvgIpc) is 2.92. The fourth-order valence-electron chi connectivity index (χ4n) is 4.31. The van der Waals surface area contributed by atoms with Crippen LogP contribution in [0.2, 0.25) is 0 Å². The van der Waals surface area contributed by atoms with Crippen molar-refractivity contribution < 1.29 is 31.1 Å². The van der Waals surface area contributed by atoms with Gasteiger partial charge in [-0.15, -0.1) is 0 Å². The van der Waals surface area contributed by atoms with E-state index in [9.17, 15) is 31.1 Å². The van der Waals surface area contributed by atoms with E-state index >= 15 is 0 Å². The molecule has 0 bridgehead atoms. The van der Waals surface area contributed by atoms with Gasteiger partial charge in [0.1, 0.15) is 5.71 Å². The Morgan fingerprint density at radius 3 is 2.36 bits per heavy atom. The third-order valence-corrected chi connectivity index (χ3v) is 6.64. The van der Waals surface area contributed by atoms with Gasteiger partial charge in [0, 0.05) is 67.6 Å². The Morgan fingerprint density at radius 1 is 1.00 bits per heavy atom. The van der Waals surface area contributed by atoms with Gasteiger partial charge in [0.15, 0.2) is 0 Å². The Bertz CT molecular complexity index is 1550. The van der Waals surface area contributed by atoms with Crippen LogP contribution >= 0.6 is 0 Å². The first-order valence-electron chi connectivity index (χ1n) is 12.7. The van der Waals surface area contributed by atoms with E-state index in [4.69, 9.17) is 11.1 Å². The molecule has 0 saturated carbocycles. The summed E-state index contributed by atoms with van der Waals surface area (Å²) in [7, 11) is 1.96. The molecule has 7 nitrogen and oxygen atoms in total. The number of nitrogens with zero attached hydrogens (tertiary/aromatic N) is 3. The molecule has 3 aromatic rings. The highest BCUT2D eigenvalue weighted by Gasteiger charge is 2.34. The standard InChI is InChI=1S/C29H26F6N6O/c1-40-8-10-41(11-9-40)17-19-3-5-22(14-24(19)29(33,34)35)39-27(42)20-12-18(15-38-16-20)2-7-25(36)23-6-4-21(13-26(23)37)28(30,31)32/h3-6,12-16,36H,8-11,17,37H2,1H3,(H,39,42). The van der Waals surface area contributed by atoms with Crippen molar-refractivity contribution in [1.29, 1.82) is 5.41 Å². The van der Waals surface area contributed by atoms with Gasteiger partial charge in [-0.25, -0.2) is 0 Å². The lowest BCUT2D eigenvalue weighted by Crippen LogP contribution is -2.44. The second kappa shape index (κ2) is 12.2. The van der Waals surface area contributed by atoms with Crippen LogP contribution in [-0.4, -0.2) is 59.6 Å². The van der Waals surface area contributed by atoms with Crippen molar-refractivity contribution in [3.8, 4) is 11.8 Å². The Kier molecular flexibility index (Phi) is 8.89. The highest BCUT2D eigenvalue weighted by molar-refractivity contribution is 6.14. The molecule has 0 aliphatic carbocycles. The van der Waals surface area contributed by atoms with E-state index in [-0.39, 0.29) is 45.9 Å². The molecule has 1 amide bonds. The van der Waals surface area contributed by atoms with Gasteiger partial charge < -0.3 is 16.0 Å². The highest BCUT2D eigenvalue weighted by atomic mass is 19.4. The van der Waals surface area contributed by atoms with E-state index in [0.29, 0.717) is 19.2 Å². The lowest BCUT2D eigenvalue weighted by atomic mass is 10.0. The molecule has 13 heteroatoms. The van der Waals surface area contributed by atoms with Crippen LogP contribution in [0.4, 0.5) is 37.7 Å². The molecule has 1 fully saturated rings. The predicted octanol–water partition coefficient (Wildman–Crippen LogP) is 5.12. The number of hydrogen-bond donors (Lipinski definition) is 3. The second-order valence-electron chi connectivity index (χ2n) is 9.79. The minimum atomic E-state index is -4.62. The summed E-state index contributed by atoms with van der Waals surface area (Å²) >= 11 is 0. The van der Waals surface area contributed by atoms with Crippen molar-refractivity contribution >= 4 is 23.0 Å². The van der Waals surface area contributed by atoms with Crippen LogP contribution in [0, 0.1) is 17.3 Å². The Morgan fingerprint density at radius 2 is 1.71 bits per heavy atom. The van der Waals surface area contributed by atoms with E-state index in [1.807, 2.05) is 11.9 Å². The molecular formula is C29H26F6N6O. The van der Waals surface area contributed by atoms with E-state index in [1.54, 1.807) is 0 Å². The van der Waals surface area contributed by atoms with Crippen LogP contribution in [0.25, 0.3) is 0 Å². The first kappa shape index (κ1) is 30.5. The molecule has 0 unspecified atom stereocenters. The number of benzene rings is 2. The minimum absolute atomic E-state index is 0.00236. The number of nitrogen functional groups attached to an aromatic ring is 1. The number of nitrogens with two attached hydrogens (primary N) is 1. The van der Waals surface area contributed by atoms with Crippen LogP contribution in [0.15, 0.2) is 54.9 Å². The maximum absolute atomic E-state index is 13.9. The molecule has 220 valence electrons. The third-order valence-electron chi connectivity index (χ3n) is 6.64. The van der Waals surface area contributed by atoms with Crippen molar-refractivity contribution in [3.63, 3.8) is 0 Å². The maximum atomic E-state index is 13.9. The quantitative estimate of drug-likeness (QED) is 0.166. The molecule has 4 rings (SSSR count). The van der Waals surface area contributed by atoms with Crippen LogP contribution in [0.5, 0.6) is 0 Å². The molecule has 2 aromatic carbocycles. The van der Waals surface area contributed by atoms with Gasteiger partial charge >= 0.3 is 12.4 Å². The van der Waals surface area contributed by atoms with Crippen LogP contribution in [-0.2, 0) is 18.9 Å². The van der Waals surface area contributed by atoms with Gasteiger partial charge in [-0.1, -0.05) is 12.0 Å². The molecule has 1 aromatic heterocycles. The third kappa shape index (κ3) is 7.65. The SMILES string of the molecule is CN1CCN(Cc2ccc(NC(=O)c3cncc(C#CC(=N)c4ccc(C(F)(F)F)cc4N)c3)cc2C(F)(F)F)CC1. The average molecular weight is 589 g/mol. The zero-order valence-corrected chi connectivity index (χ0v) is 22.3. The maximum Gasteiger partial charge on any atom is 0.416 e. The molecular weight excluding hydrogens is 562 g/mol. The fourth-order valence-corrected chi connectivity index (χ4v) is 4.31. The molecule has 1 saturated heterocycles. The fraction of sp³-hybridized carbons (Fsp3) is 0.276. The Balaban J connectivity index is 1.48. The lowest BCUT2D eigenvalue weighted by Gasteiger charge is -2.33. The Labute approximate surface area is 237 Å². The number of carbonyl (C=O) groups is 1. The normalized spacial score (nSPS) is 14.6. The van der Waals surface area contributed by atoms with Crippen molar-refractivity contribution in [2.45, 2.75) is 18.9 Å². The molecule has 0 spiro atoms. The number of pyridine rings is 1. The summed E-state index contributed by atoms with van der Waals surface area (Å²) in [6, 6.07) is 7.53. The van der Waals surface area contributed by atoms with E-state index < -0.39 is 29.4 Å². The molecule has 0 radical (unpaired) electrons. The van der Waals surface area contributed by atoms with Crippen LogP contribution in [0.1, 0.15) is 38.2 Å². The number of likely N-dealkylation sites (N-methyl/N-ethyl adjacent to an activating group) is 1. The van der Waals surface area contributed by atoms with Gasteiger partial charge in [0.2, 0.25) is 0 Å². The van der Waals surface area contributed by atoms with Gasteiger partial charge in [-0.2, -0.15) is 26.3 Å². The van der Waals surface area contributed by atoms with Gasteiger partial charge in [-0.3, -0.25) is 20.1 Å². The zero-order valence-electron chi connectivity index (χ0n) is 22.3. The number of hydrogen-bond acceptors (Lipinski definition) is 6. The molecule has 1 aliphatic heterocycles. The monoisotopic (exact) mass is 588 g/mol. The second-order valence-corrected chi connectivity index (χ2v) is 9.79. The van der Waals surface area contributed by atoms with Crippen LogP contribution < -0.4 is 11.1 Å². The van der Waals surface area contributed by atoms with Gasteiger partial charge in [0.05, 0.1) is 16.7 Å². The van der Waals surface area contributed by atoms with E-state index in [1.165, 1.54) is 30.6 Å².